The number of benzene rings is 1. The Morgan fingerprint density at radius 1 is 1.23 bits per heavy atom. The van der Waals surface area contributed by atoms with Crippen LogP contribution >= 0.6 is 11.3 Å². The van der Waals surface area contributed by atoms with Gasteiger partial charge in [0.15, 0.2) is 9.84 Å². The molecule has 0 aliphatic heterocycles. The number of carbonyl (C=O) groups excluding carboxylic acids is 1. The molecule has 0 fully saturated rings. The highest BCUT2D eigenvalue weighted by atomic mass is 32.2. The van der Waals surface area contributed by atoms with Crippen molar-refractivity contribution in [1.29, 1.82) is 0 Å². The molecule has 22 heavy (non-hydrogen) atoms. The molecule has 0 bridgehead atoms. The number of rotatable bonds is 5. The number of hydrogen-bond donors (Lipinski definition) is 2. The number of urea groups is 1. The van der Waals surface area contributed by atoms with E-state index in [-0.39, 0.29) is 16.8 Å². The lowest BCUT2D eigenvalue weighted by molar-refractivity contribution is 0.251. The van der Waals surface area contributed by atoms with E-state index in [9.17, 15) is 13.2 Å². The average Bonchev–Trinajstić information content (AvgIpc) is 2.98. The van der Waals surface area contributed by atoms with Gasteiger partial charge in [0.2, 0.25) is 0 Å². The molecule has 2 amide bonds. The molecule has 1 aromatic carbocycles. The first-order valence-electron chi connectivity index (χ1n) is 6.74. The topological polar surface area (TPSA) is 75.3 Å². The molecule has 0 saturated carbocycles. The van der Waals surface area contributed by atoms with Gasteiger partial charge in [0.05, 0.1) is 4.90 Å². The van der Waals surface area contributed by atoms with Crippen molar-refractivity contribution in [2.75, 3.05) is 18.1 Å². The van der Waals surface area contributed by atoms with Crippen LogP contribution in [0.1, 0.15) is 17.7 Å². The minimum absolute atomic E-state index is 0.227. The van der Waals surface area contributed by atoms with Crippen LogP contribution in [0.15, 0.2) is 46.7 Å². The van der Waals surface area contributed by atoms with Crippen molar-refractivity contribution >= 4 is 32.9 Å². The number of carbonyl (C=O) groups is 1. The molecule has 2 N–H and O–H groups in total. The Morgan fingerprint density at radius 3 is 2.45 bits per heavy atom. The second kappa shape index (κ2) is 6.93. The Labute approximate surface area is 134 Å². The molecule has 1 atom stereocenters. The van der Waals surface area contributed by atoms with Crippen LogP contribution in [-0.4, -0.2) is 27.2 Å². The largest absolute Gasteiger partial charge is 0.337 e. The number of thiophene rings is 1. The standard InChI is InChI=1S/C15H18N2O3S2/c1-11(14-4-3-9-21-14)10-16-15(18)17-12-5-7-13(8-6-12)22(2,19)20/h3-9,11H,10H2,1-2H3,(H2,16,17,18)/t11-/m1/s1. The van der Waals surface area contributed by atoms with Crippen LogP contribution in [0, 0.1) is 0 Å². The molecule has 2 rings (SSSR count). The zero-order chi connectivity index (χ0) is 16.2. The third kappa shape index (κ3) is 4.57. The maximum atomic E-state index is 11.8. The molecule has 0 unspecified atom stereocenters. The van der Waals surface area contributed by atoms with Crippen molar-refractivity contribution in [1.82, 2.24) is 5.32 Å². The predicted octanol–water partition coefficient (Wildman–Crippen LogP) is 3.08. The van der Waals surface area contributed by atoms with Gasteiger partial charge < -0.3 is 10.6 Å². The van der Waals surface area contributed by atoms with Crippen LogP contribution in [-0.2, 0) is 9.84 Å². The first-order valence-corrected chi connectivity index (χ1v) is 9.52. The van der Waals surface area contributed by atoms with Crippen LogP contribution in [0.5, 0.6) is 0 Å². The van der Waals surface area contributed by atoms with E-state index in [1.807, 2.05) is 24.4 Å². The number of amides is 2. The normalized spacial score (nSPS) is 12.6. The molecular weight excluding hydrogens is 320 g/mol. The number of nitrogens with one attached hydrogen (secondary N) is 2. The number of hydrogen-bond acceptors (Lipinski definition) is 4. The smallest absolute Gasteiger partial charge is 0.319 e. The summed E-state index contributed by atoms with van der Waals surface area (Å²) in [7, 11) is -3.22. The number of sulfone groups is 1. The van der Waals surface area contributed by atoms with Gasteiger partial charge in [-0.1, -0.05) is 13.0 Å². The van der Waals surface area contributed by atoms with E-state index in [4.69, 9.17) is 0 Å². The Bertz CT molecular complexity index is 723. The number of anilines is 1. The van der Waals surface area contributed by atoms with Crippen molar-refractivity contribution in [2.45, 2.75) is 17.7 Å². The molecule has 118 valence electrons. The lowest BCUT2D eigenvalue weighted by Gasteiger charge is -2.12. The summed E-state index contributed by atoms with van der Waals surface area (Å²) in [6.45, 7) is 2.58. The maximum absolute atomic E-state index is 11.8. The summed E-state index contributed by atoms with van der Waals surface area (Å²) in [6.07, 6.45) is 1.15. The van der Waals surface area contributed by atoms with Crippen molar-refractivity contribution in [3.05, 3.63) is 46.7 Å². The molecular formula is C15H18N2O3S2. The highest BCUT2D eigenvalue weighted by Crippen LogP contribution is 2.19. The van der Waals surface area contributed by atoms with E-state index in [0.29, 0.717) is 12.2 Å². The minimum atomic E-state index is -3.22. The molecule has 0 radical (unpaired) electrons. The fraction of sp³-hybridized carbons (Fsp3) is 0.267. The second-order valence-corrected chi connectivity index (χ2v) is 8.04. The van der Waals surface area contributed by atoms with Crippen LogP contribution in [0.25, 0.3) is 0 Å². The Morgan fingerprint density at radius 2 is 1.91 bits per heavy atom. The summed E-state index contributed by atoms with van der Waals surface area (Å²) in [4.78, 5) is 13.3. The summed E-state index contributed by atoms with van der Waals surface area (Å²) in [5.74, 6) is 0.248. The van der Waals surface area contributed by atoms with E-state index in [2.05, 4.69) is 10.6 Å². The predicted molar refractivity (Wildman–Crippen MR) is 89.3 cm³/mol. The van der Waals surface area contributed by atoms with E-state index in [1.165, 1.54) is 17.0 Å². The summed E-state index contributed by atoms with van der Waals surface area (Å²) in [6, 6.07) is 9.80. The lowest BCUT2D eigenvalue weighted by Crippen LogP contribution is -2.31. The quantitative estimate of drug-likeness (QED) is 0.880. The molecule has 7 heteroatoms. The van der Waals surface area contributed by atoms with Crippen LogP contribution in [0.2, 0.25) is 0 Å². The van der Waals surface area contributed by atoms with E-state index < -0.39 is 9.84 Å². The van der Waals surface area contributed by atoms with Gasteiger partial charge in [-0.05, 0) is 35.7 Å². The fourth-order valence-electron chi connectivity index (χ4n) is 1.88. The minimum Gasteiger partial charge on any atom is -0.337 e. The van der Waals surface area contributed by atoms with E-state index in [0.717, 1.165) is 6.26 Å². The first kappa shape index (κ1) is 16.5. The Hall–Kier alpha value is -1.86. The summed E-state index contributed by atoms with van der Waals surface area (Å²) in [5.41, 5.74) is 0.550. The molecule has 2 aromatic rings. The third-order valence-corrected chi connectivity index (χ3v) is 5.37. The zero-order valence-electron chi connectivity index (χ0n) is 12.4. The Balaban J connectivity index is 1.87. The highest BCUT2D eigenvalue weighted by Gasteiger charge is 2.10. The molecule has 1 aromatic heterocycles. The van der Waals surface area contributed by atoms with Crippen molar-refractivity contribution in [3.63, 3.8) is 0 Å². The summed E-state index contributed by atoms with van der Waals surface area (Å²) >= 11 is 1.66. The van der Waals surface area contributed by atoms with Crippen molar-refractivity contribution in [3.8, 4) is 0 Å². The van der Waals surface area contributed by atoms with Gasteiger partial charge >= 0.3 is 6.03 Å². The Kier molecular flexibility index (Phi) is 5.20. The second-order valence-electron chi connectivity index (χ2n) is 5.05. The molecule has 0 spiro atoms. The summed E-state index contributed by atoms with van der Waals surface area (Å²) < 4.78 is 22.7. The SMILES string of the molecule is C[C@H](CNC(=O)Nc1ccc(S(C)(=O)=O)cc1)c1cccs1. The van der Waals surface area contributed by atoms with Gasteiger partial charge in [-0.3, -0.25) is 0 Å². The van der Waals surface area contributed by atoms with Gasteiger partial charge in [-0.25, -0.2) is 13.2 Å². The van der Waals surface area contributed by atoms with Crippen LogP contribution in [0.3, 0.4) is 0 Å². The third-order valence-electron chi connectivity index (χ3n) is 3.14. The van der Waals surface area contributed by atoms with E-state index in [1.54, 1.807) is 23.5 Å². The summed E-state index contributed by atoms with van der Waals surface area (Å²) in [5, 5.41) is 7.49. The highest BCUT2D eigenvalue weighted by molar-refractivity contribution is 7.90. The monoisotopic (exact) mass is 338 g/mol. The first-order chi connectivity index (χ1) is 10.4. The van der Waals surface area contributed by atoms with Crippen LogP contribution < -0.4 is 10.6 Å². The van der Waals surface area contributed by atoms with Gasteiger partial charge in [0, 0.05) is 29.3 Å². The van der Waals surface area contributed by atoms with Gasteiger partial charge in [-0.15, -0.1) is 11.3 Å². The molecule has 5 nitrogen and oxygen atoms in total. The average molecular weight is 338 g/mol. The fourth-order valence-corrected chi connectivity index (χ4v) is 3.30. The molecule has 0 saturated heterocycles. The van der Waals surface area contributed by atoms with Gasteiger partial charge in [-0.2, -0.15) is 0 Å². The van der Waals surface area contributed by atoms with Gasteiger partial charge in [0.1, 0.15) is 0 Å². The molecule has 1 heterocycles. The zero-order valence-corrected chi connectivity index (χ0v) is 14.0. The van der Waals surface area contributed by atoms with Crippen molar-refractivity contribution < 1.29 is 13.2 Å². The molecule has 0 aliphatic carbocycles. The van der Waals surface area contributed by atoms with E-state index >= 15 is 0 Å². The van der Waals surface area contributed by atoms with Crippen LogP contribution in [0.4, 0.5) is 10.5 Å². The lowest BCUT2D eigenvalue weighted by atomic mass is 10.1. The van der Waals surface area contributed by atoms with Gasteiger partial charge in [0.25, 0.3) is 0 Å². The maximum Gasteiger partial charge on any atom is 0.319 e. The molecule has 0 aliphatic rings. The van der Waals surface area contributed by atoms with Crippen molar-refractivity contribution in [2.24, 2.45) is 0 Å².